The summed E-state index contributed by atoms with van der Waals surface area (Å²) in [5, 5.41) is 0. The largest absolute Gasteiger partial charge is 0.416 e. The van der Waals surface area contributed by atoms with E-state index in [4.69, 9.17) is 0 Å². The number of imidazole rings is 1. The maximum atomic E-state index is 13.2. The number of halogens is 4. The molecule has 0 saturated carbocycles. The minimum Gasteiger partial charge on any atom is -0.227 e. The van der Waals surface area contributed by atoms with Crippen LogP contribution in [-0.4, -0.2) is 4.57 Å². The molecule has 0 spiro atoms. The van der Waals surface area contributed by atoms with E-state index in [1.54, 1.807) is 6.07 Å². The van der Waals surface area contributed by atoms with Crippen molar-refractivity contribution in [1.29, 1.82) is 0 Å². The lowest BCUT2D eigenvalue weighted by molar-refractivity contribution is -0.692. The van der Waals surface area contributed by atoms with Gasteiger partial charge in [0.15, 0.2) is 5.69 Å². The Morgan fingerprint density at radius 3 is 2.48 bits per heavy atom. The van der Waals surface area contributed by atoms with Gasteiger partial charge >= 0.3 is 6.18 Å². The van der Waals surface area contributed by atoms with Gasteiger partial charge in [-0.1, -0.05) is 22.0 Å². The maximum absolute atomic E-state index is 13.2. The summed E-state index contributed by atoms with van der Waals surface area (Å²) in [5.74, 6) is 1.06. The Labute approximate surface area is 164 Å². The number of alkyl halides is 3. The lowest BCUT2D eigenvalue weighted by Gasteiger charge is -2.08. The molecule has 1 aliphatic rings. The van der Waals surface area contributed by atoms with Crippen LogP contribution < -0.4 is 4.57 Å². The van der Waals surface area contributed by atoms with Gasteiger partial charge in [-0.05, 0) is 61.7 Å². The summed E-state index contributed by atoms with van der Waals surface area (Å²) in [6.45, 7) is 0.882. The Kier molecular flexibility index (Phi) is 4.84. The second kappa shape index (κ2) is 7.15. The first-order valence-corrected chi connectivity index (χ1v) is 9.80. The normalized spacial score (nSPS) is 14.7. The first kappa shape index (κ1) is 18.3. The number of benzene rings is 2. The molecule has 0 aliphatic carbocycles. The molecule has 4 rings (SSSR count). The molecule has 0 bridgehead atoms. The molecule has 0 atom stereocenters. The SMILES string of the molecule is FC(F)(F)c1cccc(-n2cc(-c3ccc(Br)cc3)[n+]3c2CCCCC3)c1. The second-order valence-corrected chi connectivity index (χ2v) is 7.73. The molecule has 3 aromatic rings. The van der Waals surface area contributed by atoms with Gasteiger partial charge in [0.1, 0.15) is 11.9 Å². The van der Waals surface area contributed by atoms with E-state index in [0.717, 1.165) is 59.8 Å². The van der Waals surface area contributed by atoms with Crippen LogP contribution in [0.3, 0.4) is 0 Å². The summed E-state index contributed by atoms with van der Waals surface area (Å²) in [6.07, 6.45) is 1.73. The lowest BCUT2D eigenvalue weighted by Crippen LogP contribution is -2.38. The zero-order chi connectivity index (χ0) is 19.0. The van der Waals surface area contributed by atoms with Gasteiger partial charge in [-0.25, -0.2) is 4.57 Å². The Morgan fingerprint density at radius 2 is 1.74 bits per heavy atom. The second-order valence-electron chi connectivity index (χ2n) is 6.82. The molecule has 27 heavy (non-hydrogen) atoms. The van der Waals surface area contributed by atoms with Crippen molar-refractivity contribution in [3.8, 4) is 16.9 Å². The van der Waals surface area contributed by atoms with Gasteiger partial charge in [-0.3, -0.25) is 0 Å². The molecule has 2 heterocycles. The van der Waals surface area contributed by atoms with Gasteiger partial charge in [0.05, 0.1) is 12.1 Å². The van der Waals surface area contributed by atoms with Crippen molar-refractivity contribution in [2.45, 2.75) is 38.4 Å². The van der Waals surface area contributed by atoms with Gasteiger partial charge in [0, 0.05) is 16.5 Å². The number of hydrogen-bond acceptors (Lipinski definition) is 0. The standard InChI is InChI=1S/C21H19BrF3N2/c22-17-10-8-15(9-11-17)19-14-27(20-7-2-1-3-12-26(19)20)18-6-4-5-16(13-18)21(23,24)25/h4-6,8-11,13-14H,1-3,7,12H2/q+1. The minimum absolute atomic E-state index is 0.554. The summed E-state index contributed by atoms with van der Waals surface area (Å²) in [7, 11) is 0. The average Bonchev–Trinajstić information content (AvgIpc) is 2.83. The number of nitrogens with zero attached hydrogens (tertiary/aromatic N) is 2. The molecule has 0 unspecified atom stereocenters. The number of fused-ring (bicyclic) bond motifs is 1. The van der Waals surface area contributed by atoms with Crippen molar-refractivity contribution < 1.29 is 17.7 Å². The average molecular weight is 436 g/mol. The van der Waals surface area contributed by atoms with E-state index in [1.165, 1.54) is 12.1 Å². The molecule has 0 amide bonds. The topological polar surface area (TPSA) is 8.81 Å². The highest BCUT2D eigenvalue weighted by molar-refractivity contribution is 9.10. The number of aromatic nitrogens is 2. The summed E-state index contributed by atoms with van der Waals surface area (Å²) in [6, 6.07) is 13.6. The summed E-state index contributed by atoms with van der Waals surface area (Å²) in [5.41, 5.74) is 2.04. The van der Waals surface area contributed by atoms with Gasteiger partial charge in [-0.15, -0.1) is 0 Å². The van der Waals surface area contributed by atoms with E-state index in [9.17, 15) is 13.2 Å². The molecule has 0 fully saturated rings. The Hall–Kier alpha value is -2.08. The predicted molar refractivity (Wildman–Crippen MR) is 102 cm³/mol. The molecule has 0 saturated heterocycles. The molecule has 0 radical (unpaired) electrons. The zero-order valence-electron chi connectivity index (χ0n) is 14.6. The Balaban J connectivity index is 1.88. The van der Waals surface area contributed by atoms with Gasteiger partial charge < -0.3 is 0 Å². The fourth-order valence-corrected chi connectivity index (χ4v) is 3.94. The summed E-state index contributed by atoms with van der Waals surface area (Å²) in [4.78, 5) is 0. The highest BCUT2D eigenvalue weighted by atomic mass is 79.9. The molecule has 2 nitrogen and oxygen atoms in total. The molecule has 1 aromatic heterocycles. The van der Waals surface area contributed by atoms with Crippen LogP contribution in [0.4, 0.5) is 13.2 Å². The zero-order valence-corrected chi connectivity index (χ0v) is 16.2. The molecule has 2 aromatic carbocycles. The third-order valence-corrected chi connectivity index (χ3v) is 5.53. The van der Waals surface area contributed by atoms with Crippen LogP contribution in [-0.2, 0) is 19.1 Å². The first-order chi connectivity index (χ1) is 12.9. The van der Waals surface area contributed by atoms with Gasteiger partial charge in [-0.2, -0.15) is 17.7 Å². The quantitative estimate of drug-likeness (QED) is 0.440. The van der Waals surface area contributed by atoms with Crippen LogP contribution in [0.5, 0.6) is 0 Å². The van der Waals surface area contributed by atoms with Crippen LogP contribution >= 0.6 is 15.9 Å². The lowest BCUT2D eigenvalue weighted by atomic mass is 10.1. The van der Waals surface area contributed by atoms with Crippen LogP contribution in [0.25, 0.3) is 16.9 Å². The van der Waals surface area contributed by atoms with Crippen molar-refractivity contribution in [3.63, 3.8) is 0 Å². The fourth-order valence-electron chi connectivity index (χ4n) is 3.68. The monoisotopic (exact) mass is 435 g/mol. The van der Waals surface area contributed by atoms with Crippen LogP contribution in [0.1, 0.15) is 30.7 Å². The highest BCUT2D eigenvalue weighted by Gasteiger charge is 2.32. The summed E-state index contributed by atoms with van der Waals surface area (Å²) >= 11 is 3.46. The third-order valence-electron chi connectivity index (χ3n) is 5.01. The van der Waals surface area contributed by atoms with Gasteiger partial charge in [0.2, 0.25) is 0 Å². The first-order valence-electron chi connectivity index (χ1n) is 9.01. The highest BCUT2D eigenvalue weighted by Crippen LogP contribution is 2.31. The van der Waals surface area contributed by atoms with Gasteiger partial charge in [0.25, 0.3) is 5.82 Å². The van der Waals surface area contributed by atoms with Crippen LogP contribution in [0.2, 0.25) is 0 Å². The predicted octanol–water partition coefficient (Wildman–Crippen LogP) is 5.94. The van der Waals surface area contributed by atoms with Crippen molar-refractivity contribution in [2.75, 3.05) is 0 Å². The molecule has 0 N–H and O–H groups in total. The van der Waals surface area contributed by atoms with Crippen molar-refractivity contribution >= 4 is 15.9 Å². The maximum Gasteiger partial charge on any atom is 0.416 e. The minimum atomic E-state index is -4.35. The van der Waals surface area contributed by atoms with Crippen LogP contribution in [0, 0.1) is 0 Å². The molecule has 6 heteroatoms. The van der Waals surface area contributed by atoms with E-state index >= 15 is 0 Å². The van der Waals surface area contributed by atoms with E-state index in [1.807, 2.05) is 35.0 Å². The number of hydrogen-bond donors (Lipinski definition) is 0. The van der Waals surface area contributed by atoms with Crippen LogP contribution in [0.15, 0.2) is 59.2 Å². The van der Waals surface area contributed by atoms with Crippen molar-refractivity contribution in [3.05, 3.63) is 70.6 Å². The molecular formula is C21H19BrF3N2+. The smallest absolute Gasteiger partial charge is 0.227 e. The molecule has 1 aliphatic heterocycles. The Morgan fingerprint density at radius 1 is 0.963 bits per heavy atom. The van der Waals surface area contributed by atoms with E-state index in [-0.39, 0.29) is 0 Å². The fraction of sp³-hybridized carbons (Fsp3) is 0.286. The van der Waals surface area contributed by atoms with E-state index in [2.05, 4.69) is 20.5 Å². The van der Waals surface area contributed by atoms with Crippen molar-refractivity contribution in [2.24, 2.45) is 0 Å². The van der Waals surface area contributed by atoms with Crippen molar-refractivity contribution in [1.82, 2.24) is 4.57 Å². The van der Waals surface area contributed by atoms with E-state index in [0.29, 0.717) is 5.69 Å². The molecular weight excluding hydrogens is 417 g/mol. The Bertz CT molecular complexity index is 959. The molecule has 140 valence electrons. The number of rotatable bonds is 2. The summed E-state index contributed by atoms with van der Waals surface area (Å²) < 4.78 is 44.7. The van der Waals surface area contributed by atoms with E-state index < -0.39 is 11.7 Å². The third kappa shape index (κ3) is 3.68.